The molecule has 0 bridgehead atoms. The third-order valence-electron chi connectivity index (χ3n) is 4.83. The van der Waals surface area contributed by atoms with Crippen molar-refractivity contribution in [2.24, 2.45) is 4.99 Å². The first-order valence-corrected chi connectivity index (χ1v) is 9.12. The lowest BCUT2D eigenvalue weighted by atomic mass is 10.1. The molecule has 0 amide bonds. The van der Waals surface area contributed by atoms with Gasteiger partial charge in [-0.25, -0.2) is 0 Å². The maximum absolute atomic E-state index is 5.04. The SMILES string of the molecule is CN=C(NCCOC)NCCN1CCN(c2cccc(C)c2C)CC1.I. The number of aryl methyl sites for hydroxylation is 1. The molecule has 26 heavy (non-hydrogen) atoms. The standard InChI is InChI=1S/C19H33N5O.HI/c1-16-6-5-7-18(17(16)2)24-13-11-23(12-14-24)10-8-21-19(20-3)22-9-15-25-4;/h5-7H,8-15H2,1-4H3,(H2,20,21,22);1H. The minimum Gasteiger partial charge on any atom is -0.383 e. The first kappa shape index (κ1) is 23.0. The number of guanidine groups is 1. The van der Waals surface area contributed by atoms with E-state index in [1.165, 1.54) is 16.8 Å². The Hall–Kier alpha value is -1.06. The molecule has 0 radical (unpaired) electrons. The van der Waals surface area contributed by atoms with Gasteiger partial charge in [0.05, 0.1) is 6.61 Å². The van der Waals surface area contributed by atoms with Gasteiger partial charge in [-0.1, -0.05) is 12.1 Å². The Morgan fingerprint density at radius 3 is 2.46 bits per heavy atom. The summed E-state index contributed by atoms with van der Waals surface area (Å²) in [5.41, 5.74) is 4.17. The van der Waals surface area contributed by atoms with E-state index in [0.717, 1.165) is 51.8 Å². The lowest BCUT2D eigenvalue weighted by Gasteiger charge is -2.37. The van der Waals surface area contributed by atoms with Crippen LogP contribution in [0.3, 0.4) is 0 Å². The van der Waals surface area contributed by atoms with E-state index < -0.39 is 0 Å². The molecule has 7 heteroatoms. The molecular weight excluding hydrogens is 441 g/mol. The third-order valence-corrected chi connectivity index (χ3v) is 4.83. The summed E-state index contributed by atoms with van der Waals surface area (Å²) in [4.78, 5) is 9.25. The Balaban J connectivity index is 0.00000338. The molecule has 1 fully saturated rings. The van der Waals surface area contributed by atoms with Gasteiger partial charge in [-0.05, 0) is 31.0 Å². The van der Waals surface area contributed by atoms with Crippen molar-refractivity contribution in [3.63, 3.8) is 0 Å². The molecule has 1 aromatic rings. The van der Waals surface area contributed by atoms with Gasteiger partial charge in [-0.15, -0.1) is 24.0 Å². The molecule has 1 saturated heterocycles. The maximum Gasteiger partial charge on any atom is 0.191 e. The van der Waals surface area contributed by atoms with Crippen LogP contribution in [0.25, 0.3) is 0 Å². The molecule has 1 aliphatic rings. The number of hydrogen-bond donors (Lipinski definition) is 2. The topological polar surface area (TPSA) is 52.1 Å². The number of halogens is 1. The summed E-state index contributed by atoms with van der Waals surface area (Å²) in [6, 6.07) is 6.60. The predicted molar refractivity (Wildman–Crippen MR) is 121 cm³/mol. The molecule has 0 saturated carbocycles. The van der Waals surface area contributed by atoms with Crippen LogP contribution in [-0.4, -0.2) is 77.4 Å². The molecule has 2 rings (SSSR count). The minimum atomic E-state index is 0. The lowest BCUT2D eigenvalue weighted by molar-refractivity contribution is 0.203. The van der Waals surface area contributed by atoms with Gasteiger partial charge >= 0.3 is 0 Å². The fraction of sp³-hybridized carbons (Fsp3) is 0.632. The zero-order chi connectivity index (χ0) is 18.1. The normalized spacial score (nSPS) is 15.5. The van der Waals surface area contributed by atoms with Gasteiger partial charge in [0.2, 0.25) is 0 Å². The summed E-state index contributed by atoms with van der Waals surface area (Å²) in [5.74, 6) is 0.839. The van der Waals surface area contributed by atoms with Gasteiger partial charge in [-0.2, -0.15) is 0 Å². The van der Waals surface area contributed by atoms with Crippen molar-refractivity contribution in [3.05, 3.63) is 29.3 Å². The molecule has 148 valence electrons. The summed E-state index contributed by atoms with van der Waals surface area (Å²) >= 11 is 0. The Morgan fingerprint density at radius 1 is 1.12 bits per heavy atom. The minimum absolute atomic E-state index is 0. The van der Waals surface area contributed by atoms with E-state index in [0.29, 0.717) is 6.61 Å². The highest BCUT2D eigenvalue weighted by Gasteiger charge is 2.18. The fourth-order valence-corrected chi connectivity index (χ4v) is 3.12. The quantitative estimate of drug-likeness (QED) is 0.273. The smallest absolute Gasteiger partial charge is 0.191 e. The van der Waals surface area contributed by atoms with E-state index in [1.807, 2.05) is 0 Å². The average molecular weight is 475 g/mol. The number of piperazine rings is 1. The molecule has 0 aromatic heterocycles. The van der Waals surface area contributed by atoms with E-state index in [4.69, 9.17) is 4.74 Å². The van der Waals surface area contributed by atoms with Crippen molar-refractivity contribution in [1.82, 2.24) is 15.5 Å². The molecule has 0 unspecified atom stereocenters. The van der Waals surface area contributed by atoms with E-state index in [-0.39, 0.29) is 24.0 Å². The zero-order valence-corrected chi connectivity index (χ0v) is 18.9. The highest BCUT2D eigenvalue weighted by Crippen LogP contribution is 2.23. The fourth-order valence-electron chi connectivity index (χ4n) is 3.12. The Labute approximate surface area is 175 Å². The summed E-state index contributed by atoms with van der Waals surface area (Å²) in [5, 5.41) is 6.60. The van der Waals surface area contributed by atoms with Crippen LogP contribution in [0.2, 0.25) is 0 Å². The van der Waals surface area contributed by atoms with Crippen molar-refractivity contribution in [1.29, 1.82) is 0 Å². The number of methoxy groups -OCH3 is 1. The van der Waals surface area contributed by atoms with E-state index in [9.17, 15) is 0 Å². The van der Waals surface area contributed by atoms with Gasteiger partial charge in [0, 0.05) is 65.7 Å². The van der Waals surface area contributed by atoms with Gasteiger partial charge in [0.25, 0.3) is 0 Å². The largest absolute Gasteiger partial charge is 0.383 e. The number of aliphatic imine (C=N–C) groups is 1. The van der Waals surface area contributed by atoms with E-state index >= 15 is 0 Å². The Kier molecular flexibility index (Phi) is 10.9. The van der Waals surface area contributed by atoms with Crippen molar-refractivity contribution in [2.45, 2.75) is 13.8 Å². The van der Waals surface area contributed by atoms with Crippen LogP contribution in [0.4, 0.5) is 5.69 Å². The van der Waals surface area contributed by atoms with Crippen molar-refractivity contribution in [2.75, 3.05) is 71.5 Å². The lowest BCUT2D eigenvalue weighted by Crippen LogP contribution is -2.49. The Morgan fingerprint density at radius 2 is 1.81 bits per heavy atom. The molecule has 1 heterocycles. The van der Waals surface area contributed by atoms with Gasteiger partial charge in [0.1, 0.15) is 0 Å². The Bertz CT molecular complexity index is 559. The van der Waals surface area contributed by atoms with Crippen LogP contribution >= 0.6 is 24.0 Å². The summed E-state index contributed by atoms with van der Waals surface area (Å²) in [6.07, 6.45) is 0. The van der Waals surface area contributed by atoms with Gasteiger partial charge in [-0.3, -0.25) is 9.89 Å². The molecule has 0 aliphatic carbocycles. The second-order valence-electron chi connectivity index (χ2n) is 6.47. The van der Waals surface area contributed by atoms with Gasteiger partial charge in [0.15, 0.2) is 5.96 Å². The number of rotatable bonds is 7. The highest BCUT2D eigenvalue weighted by atomic mass is 127. The van der Waals surface area contributed by atoms with Crippen LogP contribution in [-0.2, 0) is 4.74 Å². The van der Waals surface area contributed by atoms with E-state index in [2.05, 4.69) is 57.5 Å². The summed E-state index contributed by atoms with van der Waals surface area (Å²) in [7, 11) is 3.50. The van der Waals surface area contributed by atoms with Crippen molar-refractivity contribution >= 4 is 35.6 Å². The molecule has 1 aliphatic heterocycles. The first-order chi connectivity index (χ1) is 12.2. The third kappa shape index (κ3) is 6.92. The van der Waals surface area contributed by atoms with Crippen molar-refractivity contribution in [3.8, 4) is 0 Å². The van der Waals surface area contributed by atoms with Crippen LogP contribution < -0.4 is 15.5 Å². The number of ether oxygens (including phenoxy) is 1. The predicted octanol–water partition coefficient (Wildman–Crippen LogP) is 1.85. The van der Waals surface area contributed by atoms with Crippen LogP contribution in [0.5, 0.6) is 0 Å². The zero-order valence-electron chi connectivity index (χ0n) is 16.5. The molecular formula is C19H34IN5O. The molecule has 2 N–H and O–H groups in total. The number of nitrogens with zero attached hydrogens (tertiary/aromatic N) is 3. The number of hydrogen-bond acceptors (Lipinski definition) is 4. The first-order valence-electron chi connectivity index (χ1n) is 9.12. The summed E-state index contributed by atoms with van der Waals surface area (Å²) < 4.78 is 5.04. The van der Waals surface area contributed by atoms with Crippen LogP contribution in [0.15, 0.2) is 23.2 Å². The van der Waals surface area contributed by atoms with E-state index in [1.54, 1.807) is 14.2 Å². The number of nitrogens with one attached hydrogen (secondary N) is 2. The number of benzene rings is 1. The monoisotopic (exact) mass is 475 g/mol. The second-order valence-corrected chi connectivity index (χ2v) is 6.47. The second kappa shape index (κ2) is 12.3. The maximum atomic E-state index is 5.04. The number of anilines is 1. The summed E-state index contributed by atoms with van der Waals surface area (Å²) in [6.45, 7) is 12.2. The van der Waals surface area contributed by atoms with Crippen LogP contribution in [0, 0.1) is 13.8 Å². The molecule has 0 spiro atoms. The molecule has 0 atom stereocenters. The molecule has 6 nitrogen and oxygen atoms in total. The average Bonchev–Trinajstić information content (AvgIpc) is 2.63. The molecule has 1 aromatic carbocycles. The van der Waals surface area contributed by atoms with Crippen LogP contribution in [0.1, 0.15) is 11.1 Å². The highest BCUT2D eigenvalue weighted by molar-refractivity contribution is 14.0. The van der Waals surface area contributed by atoms with Crippen molar-refractivity contribution < 1.29 is 4.74 Å². The van der Waals surface area contributed by atoms with Gasteiger partial charge < -0.3 is 20.3 Å².